The maximum absolute atomic E-state index is 13.3. The van der Waals surface area contributed by atoms with Crippen LogP contribution in [-0.2, 0) is 4.74 Å². The Morgan fingerprint density at radius 3 is 2.09 bits per heavy atom. The molecule has 1 atom stereocenters. The van der Waals surface area contributed by atoms with Gasteiger partial charge in [-0.25, -0.2) is 4.79 Å². The molecule has 22 heavy (non-hydrogen) atoms. The number of nitro benzene ring substituents is 1. The molecule has 0 amide bonds. The summed E-state index contributed by atoms with van der Waals surface area (Å²) in [5, 5.41) is 10.5. The molecular weight excluding hydrogens is 303 g/mol. The number of benzene rings is 1. The van der Waals surface area contributed by atoms with Crippen molar-refractivity contribution < 1.29 is 27.6 Å². The molecule has 0 aromatic heterocycles. The van der Waals surface area contributed by atoms with Crippen LogP contribution in [0.5, 0.6) is 0 Å². The van der Waals surface area contributed by atoms with Crippen molar-refractivity contribution in [2.24, 2.45) is 5.92 Å². The minimum Gasteiger partial charge on any atom is -0.446 e. The topological polar surface area (TPSA) is 69.4 Å². The van der Waals surface area contributed by atoms with E-state index >= 15 is 0 Å². The molecule has 0 fully saturated rings. The first-order valence-corrected chi connectivity index (χ1v) is 6.59. The summed E-state index contributed by atoms with van der Waals surface area (Å²) in [5.74, 6) is -2.14. The van der Waals surface area contributed by atoms with Crippen LogP contribution in [0.15, 0.2) is 24.3 Å². The third-order valence-electron chi connectivity index (χ3n) is 3.53. The summed E-state index contributed by atoms with van der Waals surface area (Å²) < 4.78 is 44.7. The van der Waals surface area contributed by atoms with Crippen molar-refractivity contribution >= 4 is 11.7 Å². The summed E-state index contributed by atoms with van der Waals surface area (Å²) in [6.45, 7) is 3.93. The lowest BCUT2D eigenvalue weighted by Gasteiger charge is -2.37. The summed E-state index contributed by atoms with van der Waals surface area (Å²) in [4.78, 5) is 21.8. The van der Waals surface area contributed by atoms with Crippen molar-refractivity contribution in [1.82, 2.24) is 0 Å². The van der Waals surface area contributed by atoms with E-state index in [1.54, 1.807) is 0 Å². The maximum atomic E-state index is 13.3. The number of nitrogens with zero attached hydrogens (tertiary/aromatic N) is 1. The Morgan fingerprint density at radius 1 is 1.27 bits per heavy atom. The van der Waals surface area contributed by atoms with Crippen LogP contribution in [0.3, 0.4) is 0 Å². The zero-order valence-electron chi connectivity index (χ0n) is 12.3. The molecule has 0 saturated carbocycles. The first kappa shape index (κ1) is 17.9. The van der Waals surface area contributed by atoms with E-state index in [0.29, 0.717) is 0 Å². The second kappa shape index (κ2) is 6.33. The zero-order valence-corrected chi connectivity index (χ0v) is 12.3. The SMILES string of the molecule is CCC(OC(=O)c1ccc([N+](=O)[O-])cc1)(C(C)C)C(F)(F)F. The van der Waals surface area contributed by atoms with Gasteiger partial charge >= 0.3 is 12.1 Å². The second-order valence-electron chi connectivity index (χ2n) is 5.09. The molecule has 0 bridgehead atoms. The molecular formula is C14H16F3NO4. The zero-order chi connectivity index (χ0) is 17.1. The Hall–Kier alpha value is -2.12. The fourth-order valence-corrected chi connectivity index (χ4v) is 2.13. The monoisotopic (exact) mass is 319 g/mol. The van der Waals surface area contributed by atoms with Gasteiger partial charge in [-0.1, -0.05) is 20.8 Å². The van der Waals surface area contributed by atoms with Crippen LogP contribution in [0.2, 0.25) is 0 Å². The van der Waals surface area contributed by atoms with Crippen LogP contribution in [0.25, 0.3) is 0 Å². The first-order chi connectivity index (χ1) is 10.0. The Labute approximate surface area is 125 Å². The van der Waals surface area contributed by atoms with E-state index in [2.05, 4.69) is 0 Å². The summed E-state index contributed by atoms with van der Waals surface area (Å²) in [6, 6.07) is 4.20. The number of ether oxygens (including phenoxy) is 1. The highest BCUT2D eigenvalue weighted by Crippen LogP contribution is 2.42. The minimum absolute atomic E-state index is 0.173. The Kier molecular flexibility index (Phi) is 5.16. The number of carbonyl (C=O) groups excluding carboxylic acids is 1. The third kappa shape index (κ3) is 3.37. The van der Waals surface area contributed by atoms with Gasteiger partial charge in [0.25, 0.3) is 5.69 Å². The van der Waals surface area contributed by atoms with Crippen molar-refractivity contribution in [2.75, 3.05) is 0 Å². The van der Waals surface area contributed by atoms with E-state index in [1.165, 1.54) is 20.8 Å². The lowest BCUT2D eigenvalue weighted by atomic mass is 9.86. The number of alkyl halides is 3. The molecule has 5 nitrogen and oxygen atoms in total. The van der Waals surface area contributed by atoms with Gasteiger partial charge in [-0.3, -0.25) is 10.1 Å². The predicted octanol–water partition coefficient (Wildman–Crippen LogP) is 4.12. The average molecular weight is 319 g/mol. The predicted molar refractivity (Wildman–Crippen MR) is 72.4 cm³/mol. The Bertz CT molecular complexity index is 554. The summed E-state index contributed by atoms with van der Waals surface area (Å²) in [5.41, 5.74) is -3.03. The fraction of sp³-hybridized carbons (Fsp3) is 0.500. The number of carbonyl (C=O) groups is 1. The summed E-state index contributed by atoms with van der Waals surface area (Å²) in [7, 11) is 0. The number of non-ortho nitro benzene ring substituents is 1. The molecule has 0 heterocycles. The lowest BCUT2D eigenvalue weighted by Crippen LogP contribution is -2.52. The fourth-order valence-electron chi connectivity index (χ4n) is 2.13. The van der Waals surface area contributed by atoms with Gasteiger partial charge in [-0.05, 0) is 18.6 Å². The van der Waals surface area contributed by atoms with Crippen LogP contribution in [-0.4, -0.2) is 22.7 Å². The molecule has 8 heteroatoms. The number of halogens is 3. The van der Waals surface area contributed by atoms with Crippen molar-refractivity contribution in [2.45, 2.75) is 39.0 Å². The number of hydrogen-bond acceptors (Lipinski definition) is 4. The van der Waals surface area contributed by atoms with E-state index in [4.69, 9.17) is 4.74 Å². The number of nitro groups is 1. The van der Waals surface area contributed by atoms with Crippen LogP contribution >= 0.6 is 0 Å². The Morgan fingerprint density at radius 2 is 1.77 bits per heavy atom. The van der Waals surface area contributed by atoms with E-state index in [0.717, 1.165) is 24.3 Å². The molecule has 0 spiro atoms. The molecule has 0 N–H and O–H groups in total. The third-order valence-corrected chi connectivity index (χ3v) is 3.53. The van der Waals surface area contributed by atoms with E-state index in [-0.39, 0.29) is 11.3 Å². The molecule has 122 valence electrons. The maximum Gasteiger partial charge on any atom is 0.428 e. The molecule has 0 saturated heterocycles. The van der Waals surface area contributed by atoms with Gasteiger partial charge in [0.05, 0.1) is 10.5 Å². The van der Waals surface area contributed by atoms with Gasteiger partial charge in [0, 0.05) is 18.1 Å². The van der Waals surface area contributed by atoms with E-state index in [9.17, 15) is 28.1 Å². The van der Waals surface area contributed by atoms with Crippen molar-refractivity contribution in [3.8, 4) is 0 Å². The van der Waals surface area contributed by atoms with Gasteiger partial charge in [0.2, 0.25) is 5.60 Å². The van der Waals surface area contributed by atoms with E-state index < -0.39 is 35.0 Å². The minimum atomic E-state index is -4.72. The smallest absolute Gasteiger partial charge is 0.428 e. The summed E-state index contributed by atoms with van der Waals surface area (Å²) in [6.07, 6.45) is -5.14. The summed E-state index contributed by atoms with van der Waals surface area (Å²) >= 11 is 0. The van der Waals surface area contributed by atoms with Gasteiger partial charge in [-0.2, -0.15) is 13.2 Å². The molecule has 0 aliphatic carbocycles. The molecule has 1 unspecified atom stereocenters. The number of rotatable bonds is 5. The Balaban J connectivity index is 3.09. The average Bonchev–Trinajstić information content (AvgIpc) is 2.42. The quantitative estimate of drug-likeness (QED) is 0.465. The van der Waals surface area contributed by atoms with Crippen LogP contribution in [0.1, 0.15) is 37.6 Å². The highest BCUT2D eigenvalue weighted by molar-refractivity contribution is 5.90. The molecule has 1 rings (SSSR count). The van der Waals surface area contributed by atoms with Crippen molar-refractivity contribution in [3.05, 3.63) is 39.9 Å². The standard InChI is InChI=1S/C14H16F3NO4/c1-4-13(9(2)3,14(15,16)17)22-12(19)10-5-7-11(8-6-10)18(20)21/h5-9H,4H2,1-3H3. The molecule has 0 aliphatic heterocycles. The second-order valence-corrected chi connectivity index (χ2v) is 5.09. The van der Waals surface area contributed by atoms with Crippen LogP contribution in [0.4, 0.5) is 18.9 Å². The lowest BCUT2D eigenvalue weighted by molar-refractivity contribution is -0.384. The largest absolute Gasteiger partial charge is 0.446 e. The highest BCUT2D eigenvalue weighted by atomic mass is 19.4. The first-order valence-electron chi connectivity index (χ1n) is 6.59. The highest BCUT2D eigenvalue weighted by Gasteiger charge is 2.59. The molecule has 1 aromatic carbocycles. The molecule has 0 radical (unpaired) electrons. The molecule has 1 aromatic rings. The van der Waals surface area contributed by atoms with Gasteiger partial charge < -0.3 is 4.74 Å². The molecule has 0 aliphatic rings. The van der Waals surface area contributed by atoms with Gasteiger partial charge in [0.1, 0.15) is 0 Å². The van der Waals surface area contributed by atoms with Crippen LogP contribution in [0, 0.1) is 16.0 Å². The van der Waals surface area contributed by atoms with Crippen molar-refractivity contribution in [1.29, 1.82) is 0 Å². The van der Waals surface area contributed by atoms with Crippen molar-refractivity contribution in [3.63, 3.8) is 0 Å². The van der Waals surface area contributed by atoms with Gasteiger partial charge in [0.15, 0.2) is 0 Å². The van der Waals surface area contributed by atoms with E-state index in [1.807, 2.05) is 0 Å². The van der Waals surface area contributed by atoms with Gasteiger partial charge in [-0.15, -0.1) is 0 Å². The number of esters is 1. The normalized spacial score (nSPS) is 14.5. The number of hydrogen-bond donors (Lipinski definition) is 0. The van der Waals surface area contributed by atoms with Crippen LogP contribution < -0.4 is 0 Å².